The zero-order valence-corrected chi connectivity index (χ0v) is 6.34. The molecule has 0 aromatic carbocycles. The first-order valence-electron chi connectivity index (χ1n) is 3.82. The molecule has 0 aromatic heterocycles. The van der Waals surface area contributed by atoms with E-state index in [2.05, 4.69) is 4.99 Å². The molecule has 1 aliphatic carbocycles. The van der Waals surface area contributed by atoms with Gasteiger partial charge in [-0.05, 0) is 26.0 Å². The second kappa shape index (κ2) is 3.49. The SMILES string of the molecule is CC=NC1CCC(=O)CC1. The third-order valence-corrected chi connectivity index (χ3v) is 1.87. The van der Waals surface area contributed by atoms with Gasteiger partial charge in [-0.1, -0.05) is 0 Å². The zero-order chi connectivity index (χ0) is 7.40. The zero-order valence-electron chi connectivity index (χ0n) is 6.34. The quantitative estimate of drug-likeness (QED) is 0.507. The molecular formula is C8H13NO. The fraction of sp³-hybridized carbons (Fsp3) is 0.750. The number of Topliss-reactive ketones (excluding diaryl/α,β-unsaturated/α-hetero) is 1. The van der Waals surface area contributed by atoms with Crippen LogP contribution in [0.15, 0.2) is 4.99 Å². The van der Waals surface area contributed by atoms with E-state index in [9.17, 15) is 4.79 Å². The number of carbonyl (C=O) groups excluding carboxylic acids is 1. The van der Waals surface area contributed by atoms with Gasteiger partial charge in [0.2, 0.25) is 0 Å². The van der Waals surface area contributed by atoms with Crippen LogP contribution in [0.2, 0.25) is 0 Å². The lowest BCUT2D eigenvalue weighted by Gasteiger charge is -2.15. The fourth-order valence-corrected chi connectivity index (χ4v) is 1.28. The van der Waals surface area contributed by atoms with Crippen molar-refractivity contribution in [3.05, 3.63) is 0 Å². The van der Waals surface area contributed by atoms with Crippen LogP contribution in [-0.4, -0.2) is 18.0 Å². The Labute approximate surface area is 61.3 Å². The van der Waals surface area contributed by atoms with Crippen molar-refractivity contribution in [1.29, 1.82) is 0 Å². The van der Waals surface area contributed by atoms with Gasteiger partial charge in [0, 0.05) is 12.8 Å². The summed E-state index contributed by atoms with van der Waals surface area (Å²) in [5.41, 5.74) is 0. The predicted molar refractivity (Wildman–Crippen MR) is 41.4 cm³/mol. The van der Waals surface area contributed by atoms with Gasteiger partial charge in [-0.2, -0.15) is 0 Å². The lowest BCUT2D eigenvalue weighted by atomic mass is 9.95. The molecule has 56 valence electrons. The topological polar surface area (TPSA) is 29.4 Å². The Morgan fingerprint density at radius 3 is 2.60 bits per heavy atom. The Balaban J connectivity index is 2.32. The first-order chi connectivity index (χ1) is 4.83. The van der Waals surface area contributed by atoms with Crippen molar-refractivity contribution in [3.63, 3.8) is 0 Å². The van der Waals surface area contributed by atoms with Crippen LogP contribution in [0.4, 0.5) is 0 Å². The number of hydrogen-bond donors (Lipinski definition) is 0. The maximum atomic E-state index is 10.8. The molecule has 0 amide bonds. The van der Waals surface area contributed by atoms with Crippen molar-refractivity contribution in [2.75, 3.05) is 0 Å². The molecule has 0 radical (unpaired) electrons. The highest BCUT2D eigenvalue weighted by molar-refractivity contribution is 5.79. The minimum absolute atomic E-state index is 0.405. The summed E-state index contributed by atoms with van der Waals surface area (Å²) in [5.74, 6) is 0.405. The highest BCUT2D eigenvalue weighted by Gasteiger charge is 2.16. The average molecular weight is 139 g/mol. The van der Waals surface area contributed by atoms with Crippen molar-refractivity contribution in [2.24, 2.45) is 4.99 Å². The van der Waals surface area contributed by atoms with E-state index in [0.29, 0.717) is 11.8 Å². The molecule has 0 aromatic rings. The van der Waals surface area contributed by atoms with Crippen LogP contribution >= 0.6 is 0 Å². The number of rotatable bonds is 1. The van der Waals surface area contributed by atoms with Crippen LogP contribution in [0, 0.1) is 0 Å². The van der Waals surface area contributed by atoms with E-state index in [1.165, 1.54) is 0 Å². The molecular weight excluding hydrogens is 126 g/mol. The van der Waals surface area contributed by atoms with E-state index in [1.807, 2.05) is 13.1 Å². The third-order valence-electron chi connectivity index (χ3n) is 1.87. The van der Waals surface area contributed by atoms with E-state index < -0.39 is 0 Å². The van der Waals surface area contributed by atoms with E-state index in [1.54, 1.807) is 0 Å². The van der Waals surface area contributed by atoms with Gasteiger partial charge in [0.25, 0.3) is 0 Å². The van der Waals surface area contributed by atoms with E-state index in [-0.39, 0.29) is 0 Å². The van der Waals surface area contributed by atoms with Crippen molar-refractivity contribution in [1.82, 2.24) is 0 Å². The lowest BCUT2D eigenvalue weighted by Crippen LogP contribution is -2.16. The molecule has 1 saturated carbocycles. The Hall–Kier alpha value is -0.660. The maximum Gasteiger partial charge on any atom is 0.133 e. The van der Waals surface area contributed by atoms with Crippen LogP contribution in [0.3, 0.4) is 0 Å². The molecule has 1 aliphatic rings. The largest absolute Gasteiger partial charge is 0.300 e. The monoisotopic (exact) mass is 139 g/mol. The minimum atomic E-state index is 0.405. The van der Waals surface area contributed by atoms with Gasteiger partial charge < -0.3 is 0 Å². The second-order valence-electron chi connectivity index (χ2n) is 2.68. The second-order valence-corrected chi connectivity index (χ2v) is 2.68. The van der Waals surface area contributed by atoms with Crippen LogP contribution < -0.4 is 0 Å². The number of nitrogens with zero attached hydrogens (tertiary/aromatic N) is 1. The standard InChI is InChI=1S/C8H13NO/c1-2-9-7-3-5-8(10)6-4-7/h2,7H,3-6H2,1H3. The molecule has 0 saturated heterocycles. The van der Waals surface area contributed by atoms with Gasteiger partial charge in [-0.15, -0.1) is 0 Å². The summed E-state index contributed by atoms with van der Waals surface area (Å²) in [7, 11) is 0. The Bertz CT molecular complexity index is 141. The first-order valence-corrected chi connectivity index (χ1v) is 3.82. The Kier molecular flexibility index (Phi) is 2.60. The highest BCUT2D eigenvalue weighted by Crippen LogP contribution is 2.17. The summed E-state index contributed by atoms with van der Waals surface area (Å²) in [4.78, 5) is 15.0. The molecule has 0 spiro atoms. The van der Waals surface area contributed by atoms with Gasteiger partial charge in [0.1, 0.15) is 5.78 Å². The van der Waals surface area contributed by atoms with Gasteiger partial charge in [0.05, 0.1) is 6.04 Å². The number of hydrogen-bond acceptors (Lipinski definition) is 2. The molecule has 2 heteroatoms. The van der Waals surface area contributed by atoms with Crippen LogP contribution in [-0.2, 0) is 4.79 Å². The van der Waals surface area contributed by atoms with Gasteiger partial charge in [0.15, 0.2) is 0 Å². The molecule has 0 bridgehead atoms. The normalized spacial score (nSPS) is 22.3. The molecule has 0 aliphatic heterocycles. The molecule has 0 heterocycles. The van der Waals surface area contributed by atoms with E-state index in [4.69, 9.17) is 0 Å². The summed E-state index contributed by atoms with van der Waals surface area (Å²) in [6, 6.07) is 0.433. The highest BCUT2D eigenvalue weighted by atomic mass is 16.1. The number of ketones is 1. The average Bonchev–Trinajstić information content (AvgIpc) is 1.95. The molecule has 2 nitrogen and oxygen atoms in total. The first kappa shape index (κ1) is 7.45. The smallest absolute Gasteiger partial charge is 0.133 e. The molecule has 10 heavy (non-hydrogen) atoms. The van der Waals surface area contributed by atoms with Gasteiger partial charge in [-0.25, -0.2) is 0 Å². The fourth-order valence-electron chi connectivity index (χ4n) is 1.28. The van der Waals surface area contributed by atoms with Crippen molar-refractivity contribution in [3.8, 4) is 0 Å². The van der Waals surface area contributed by atoms with Gasteiger partial charge in [-0.3, -0.25) is 9.79 Å². The molecule has 1 rings (SSSR count). The number of carbonyl (C=O) groups is 1. The van der Waals surface area contributed by atoms with Crippen molar-refractivity contribution >= 4 is 12.0 Å². The summed E-state index contributed by atoms with van der Waals surface area (Å²) in [6.07, 6.45) is 5.23. The minimum Gasteiger partial charge on any atom is -0.300 e. The van der Waals surface area contributed by atoms with Crippen molar-refractivity contribution in [2.45, 2.75) is 38.6 Å². The maximum absolute atomic E-state index is 10.8. The van der Waals surface area contributed by atoms with Gasteiger partial charge >= 0.3 is 0 Å². The van der Waals surface area contributed by atoms with Crippen molar-refractivity contribution < 1.29 is 4.79 Å². The summed E-state index contributed by atoms with van der Waals surface area (Å²) < 4.78 is 0. The Morgan fingerprint density at radius 2 is 2.10 bits per heavy atom. The van der Waals surface area contributed by atoms with Crippen LogP contribution in [0.25, 0.3) is 0 Å². The van der Waals surface area contributed by atoms with E-state index >= 15 is 0 Å². The summed E-state index contributed by atoms with van der Waals surface area (Å²) in [6.45, 7) is 1.93. The van der Waals surface area contributed by atoms with E-state index in [0.717, 1.165) is 25.7 Å². The molecule has 0 atom stereocenters. The van der Waals surface area contributed by atoms with Crippen LogP contribution in [0.1, 0.15) is 32.6 Å². The third kappa shape index (κ3) is 1.94. The molecule has 0 unspecified atom stereocenters. The summed E-state index contributed by atoms with van der Waals surface area (Å²) >= 11 is 0. The van der Waals surface area contributed by atoms with Crippen LogP contribution in [0.5, 0.6) is 0 Å². The predicted octanol–water partition coefficient (Wildman–Crippen LogP) is 1.59. The lowest BCUT2D eigenvalue weighted by molar-refractivity contribution is -0.120. The summed E-state index contributed by atoms with van der Waals surface area (Å²) in [5, 5.41) is 0. The number of aliphatic imine (C=N–C) groups is 1. The molecule has 0 N–H and O–H groups in total. The molecule has 1 fully saturated rings. The Morgan fingerprint density at radius 1 is 1.50 bits per heavy atom.